The quantitative estimate of drug-likeness (QED) is 0.719. The van der Waals surface area contributed by atoms with Crippen LogP contribution in [0, 0.1) is 0 Å². The lowest BCUT2D eigenvalue weighted by molar-refractivity contribution is -0.126. The third-order valence-electron chi connectivity index (χ3n) is 3.26. The molecule has 2 heteroatoms. The van der Waals surface area contributed by atoms with Crippen molar-refractivity contribution in [2.45, 2.75) is 25.7 Å². The SMILES string of the molecule is CC1=CC(=O)C(C)(c2ccccc2)CC1=O. The fourth-order valence-electron chi connectivity index (χ4n) is 2.03. The van der Waals surface area contributed by atoms with Gasteiger partial charge in [0.15, 0.2) is 11.6 Å². The van der Waals surface area contributed by atoms with Gasteiger partial charge in [0.05, 0.1) is 5.41 Å². The van der Waals surface area contributed by atoms with Crippen molar-refractivity contribution in [1.82, 2.24) is 0 Å². The Morgan fingerprint density at radius 2 is 1.75 bits per heavy atom. The molecule has 1 atom stereocenters. The molecule has 82 valence electrons. The molecule has 16 heavy (non-hydrogen) atoms. The molecule has 1 aliphatic carbocycles. The first kappa shape index (κ1) is 10.8. The van der Waals surface area contributed by atoms with Crippen molar-refractivity contribution in [3.63, 3.8) is 0 Å². The standard InChI is InChI=1S/C14H14O2/c1-10-8-13(16)14(2,9-12(10)15)11-6-4-3-5-7-11/h3-8H,9H2,1-2H3. The van der Waals surface area contributed by atoms with Crippen LogP contribution in [0.5, 0.6) is 0 Å². The number of carbonyl (C=O) groups excluding carboxylic acids is 2. The predicted molar refractivity (Wildman–Crippen MR) is 62.2 cm³/mol. The fraction of sp³-hybridized carbons (Fsp3) is 0.286. The number of hydrogen-bond donors (Lipinski definition) is 0. The second kappa shape index (κ2) is 3.71. The number of rotatable bonds is 1. The number of carbonyl (C=O) groups is 2. The Labute approximate surface area is 95.0 Å². The van der Waals surface area contributed by atoms with E-state index in [0.717, 1.165) is 5.56 Å². The molecule has 1 aromatic carbocycles. The van der Waals surface area contributed by atoms with Crippen molar-refractivity contribution in [1.29, 1.82) is 0 Å². The van der Waals surface area contributed by atoms with Crippen molar-refractivity contribution >= 4 is 11.6 Å². The molecular formula is C14H14O2. The molecular weight excluding hydrogens is 200 g/mol. The van der Waals surface area contributed by atoms with Gasteiger partial charge in [-0.25, -0.2) is 0 Å². The van der Waals surface area contributed by atoms with Crippen LogP contribution < -0.4 is 0 Å². The summed E-state index contributed by atoms with van der Waals surface area (Å²) in [5, 5.41) is 0. The van der Waals surface area contributed by atoms with Crippen LogP contribution >= 0.6 is 0 Å². The van der Waals surface area contributed by atoms with E-state index < -0.39 is 5.41 Å². The molecule has 0 N–H and O–H groups in total. The van der Waals surface area contributed by atoms with Gasteiger partial charge in [0.2, 0.25) is 0 Å². The van der Waals surface area contributed by atoms with E-state index in [1.807, 2.05) is 37.3 Å². The Kier molecular flexibility index (Phi) is 2.50. The van der Waals surface area contributed by atoms with E-state index in [1.54, 1.807) is 6.92 Å². The lowest BCUT2D eigenvalue weighted by atomic mass is 9.70. The molecule has 0 radical (unpaired) electrons. The summed E-state index contributed by atoms with van der Waals surface area (Å²) in [7, 11) is 0. The minimum atomic E-state index is -0.683. The smallest absolute Gasteiger partial charge is 0.166 e. The number of benzene rings is 1. The molecule has 0 aromatic heterocycles. The van der Waals surface area contributed by atoms with Gasteiger partial charge in [-0.3, -0.25) is 9.59 Å². The van der Waals surface area contributed by atoms with Crippen LogP contribution in [0.25, 0.3) is 0 Å². The molecule has 1 unspecified atom stereocenters. The van der Waals surface area contributed by atoms with Gasteiger partial charge in [-0.2, -0.15) is 0 Å². The van der Waals surface area contributed by atoms with E-state index in [1.165, 1.54) is 6.08 Å². The lowest BCUT2D eigenvalue weighted by Crippen LogP contribution is -2.37. The minimum Gasteiger partial charge on any atom is -0.295 e. The van der Waals surface area contributed by atoms with E-state index >= 15 is 0 Å². The molecule has 1 aliphatic rings. The summed E-state index contributed by atoms with van der Waals surface area (Å²) in [6.07, 6.45) is 1.75. The summed E-state index contributed by atoms with van der Waals surface area (Å²) < 4.78 is 0. The number of Topliss-reactive ketones (excluding diaryl/α,β-unsaturated/α-hetero) is 1. The Balaban J connectivity index is 2.48. The number of allylic oxidation sites excluding steroid dienone is 2. The van der Waals surface area contributed by atoms with Crippen LogP contribution in [0.15, 0.2) is 42.0 Å². The van der Waals surface area contributed by atoms with Crippen molar-refractivity contribution in [3.05, 3.63) is 47.5 Å². The maximum Gasteiger partial charge on any atom is 0.166 e. The largest absolute Gasteiger partial charge is 0.295 e. The van der Waals surface area contributed by atoms with E-state index in [9.17, 15) is 9.59 Å². The molecule has 0 saturated heterocycles. The fourth-order valence-corrected chi connectivity index (χ4v) is 2.03. The zero-order chi connectivity index (χ0) is 11.8. The summed E-state index contributed by atoms with van der Waals surface area (Å²) in [6, 6.07) is 9.50. The normalized spacial score (nSPS) is 25.5. The first-order valence-corrected chi connectivity index (χ1v) is 5.35. The minimum absolute atomic E-state index is 0.0239. The summed E-state index contributed by atoms with van der Waals surface area (Å²) in [5.41, 5.74) is 0.799. The number of ketones is 2. The monoisotopic (exact) mass is 214 g/mol. The highest BCUT2D eigenvalue weighted by Gasteiger charge is 2.39. The van der Waals surface area contributed by atoms with Gasteiger partial charge in [0.25, 0.3) is 0 Å². The molecule has 2 rings (SSSR count). The van der Waals surface area contributed by atoms with E-state index in [4.69, 9.17) is 0 Å². The second-order valence-corrected chi connectivity index (χ2v) is 4.49. The predicted octanol–water partition coefficient (Wildman–Crippen LogP) is 2.43. The van der Waals surface area contributed by atoms with Gasteiger partial charge < -0.3 is 0 Å². The van der Waals surface area contributed by atoms with Crippen LogP contribution in [0.2, 0.25) is 0 Å². The van der Waals surface area contributed by atoms with Crippen molar-refractivity contribution in [3.8, 4) is 0 Å². The van der Waals surface area contributed by atoms with Gasteiger partial charge in [-0.1, -0.05) is 30.3 Å². The van der Waals surface area contributed by atoms with E-state index in [2.05, 4.69) is 0 Å². The Morgan fingerprint density at radius 1 is 1.12 bits per heavy atom. The highest BCUT2D eigenvalue weighted by Crippen LogP contribution is 2.33. The van der Waals surface area contributed by atoms with Crippen LogP contribution in [-0.4, -0.2) is 11.6 Å². The first-order chi connectivity index (χ1) is 7.54. The van der Waals surface area contributed by atoms with Crippen molar-refractivity contribution in [2.75, 3.05) is 0 Å². The average molecular weight is 214 g/mol. The summed E-state index contributed by atoms with van der Waals surface area (Å²) in [6.45, 7) is 3.54. The van der Waals surface area contributed by atoms with Crippen molar-refractivity contribution in [2.24, 2.45) is 0 Å². The van der Waals surface area contributed by atoms with Gasteiger partial charge in [-0.05, 0) is 31.1 Å². The molecule has 0 amide bonds. The van der Waals surface area contributed by atoms with Gasteiger partial charge >= 0.3 is 0 Å². The molecule has 0 heterocycles. The van der Waals surface area contributed by atoms with E-state index in [0.29, 0.717) is 5.57 Å². The van der Waals surface area contributed by atoms with Gasteiger partial charge in [-0.15, -0.1) is 0 Å². The highest BCUT2D eigenvalue weighted by molar-refractivity contribution is 6.13. The van der Waals surface area contributed by atoms with Crippen LogP contribution in [0.1, 0.15) is 25.8 Å². The zero-order valence-corrected chi connectivity index (χ0v) is 9.49. The third kappa shape index (κ3) is 1.60. The molecule has 0 saturated carbocycles. The van der Waals surface area contributed by atoms with Crippen molar-refractivity contribution < 1.29 is 9.59 Å². The summed E-state index contributed by atoms with van der Waals surface area (Å²) in [5.74, 6) is 0.0850. The lowest BCUT2D eigenvalue weighted by Gasteiger charge is -2.30. The molecule has 2 nitrogen and oxygen atoms in total. The molecule has 0 fully saturated rings. The molecule has 1 aromatic rings. The summed E-state index contributed by atoms with van der Waals surface area (Å²) in [4.78, 5) is 23.8. The van der Waals surface area contributed by atoms with Crippen LogP contribution in [0.4, 0.5) is 0 Å². The van der Waals surface area contributed by atoms with Gasteiger partial charge in [0.1, 0.15) is 0 Å². The second-order valence-electron chi connectivity index (χ2n) is 4.49. The Hall–Kier alpha value is -1.70. The Morgan fingerprint density at radius 3 is 2.38 bits per heavy atom. The Bertz CT molecular complexity index is 471. The molecule has 0 aliphatic heterocycles. The van der Waals surface area contributed by atoms with E-state index in [-0.39, 0.29) is 18.0 Å². The molecule has 0 bridgehead atoms. The maximum absolute atomic E-state index is 12.0. The van der Waals surface area contributed by atoms with Crippen LogP contribution in [0.3, 0.4) is 0 Å². The van der Waals surface area contributed by atoms with Crippen LogP contribution in [-0.2, 0) is 15.0 Å². The zero-order valence-electron chi connectivity index (χ0n) is 9.49. The summed E-state index contributed by atoms with van der Waals surface area (Å²) >= 11 is 0. The highest BCUT2D eigenvalue weighted by atomic mass is 16.1. The topological polar surface area (TPSA) is 34.1 Å². The maximum atomic E-state index is 12.0. The molecule has 0 spiro atoms. The third-order valence-corrected chi connectivity index (χ3v) is 3.26. The van der Waals surface area contributed by atoms with Gasteiger partial charge in [0, 0.05) is 6.42 Å². The number of hydrogen-bond acceptors (Lipinski definition) is 2. The average Bonchev–Trinajstić information content (AvgIpc) is 2.28. The first-order valence-electron chi connectivity index (χ1n) is 5.35.